The van der Waals surface area contributed by atoms with E-state index in [2.05, 4.69) is 4.74 Å². The lowest BCUT2D eigenvalue weighted by Crippen LogP contribution is -2.02. The molecule has 0 saturated carbocycles. The molecule has 0 saturated heterocycles. The highest BCUT2D eigenvalue weighted by Gasteiger charge is 2.27. The quantitative estimate of drug-likeness (QED) is 0.519. The normalized spacial score (nSPS) is 10.4. The first kappa shape index (κ1) is 13.7. The Morgan fingerprint density at radius 1 is 1.30 bits per heavy atom. The highest BCUT2D eigenvalue weighted by atomic mass is 32.1. The molecule has 1 aromatic heterocycles. The van der Waals surface area contributed by atoms with Gasteiger partial charge in [0.05, 0.1) is 38.8 Å². The maximum atomic E-state index is 11.5. The van der Waals surface area contributed by atoms with E-state index in [9.17, 15) is 25.0 Å². The van der Waals surface area contributed by atoms with Crippen LogP contribution in [0, 0.1) is 20.2 Å². The van der Waals surface area contributed by atoms with Crippen molar-refractivity contribution >= 4 is 44.5 Å². The number of anilines is 1. The van der Waals surface area contributed by atoms with Gasteiger partial charge in [0.15, 0.2) is 0 Å². The van der Waals surface area contributed by atoms with Crippen LogP contribution in [0.4, 0.5) is 17.1 Å². The van der Waals surface area contributed by atoms with Crippen molar-refractivity contribution in [1.29, 1.82) is 0 Å². The zero-order chi connectivity index (χ0) is 15.0. The van der Waals surface area contributed by atoms with Gasteiger partial charge in [-0.3, -0.25) is 20.2 Å². The van der Waals surface area contributed by atoms with Gasteiger partial charge < -0.3 is 10.5 Å². The molecule has 0 radical (unpaired) electrons. The topological polar surface area (TPSA) is 139 Å². The van der Waals surface area contributed by atoms with Gasteiger partial charge in [0.2, 0.25) is 0 Å². The number of hydrogen-bond donors (Lipinski definition) is 1. The fraction of sp³-hybridized carbons (Fsp3) is 0.100. The molecule has 2 rings (SSSR count). The maximum absolute atomic E-state index is 11.5. The highest BCUT2D eigenvalue weighted by molar-refractivity contribution is 7.21. The summed E-state index contributed by atoms with van der Waals surface area (Å²) in [4.78, 5) is 31.7. The third-order valence-corrected chi connectivity index (χ3v) is 3.70. The van der Waals surface area contributed by atoms with Gasteiger partial charge in [0, 0.05) is 6.07 Å². The maximum Gasteiger partial charge on any atom is 0.350 e. The number of ether oxygens (including phenoxy) is 1. The van der Waals surface area contributed by atoms with E-state index in [0.29, 0.717) is 0 Å². The molecule has 0 aliphatic carbocycles. The molecule has 0 fully saturated rings. The van der Waals surface area contributed by atoms with E-state index < -0.39 is 27.2 Å². The van der Waals surface area contributed by atoms with E-state index in [0.717, 1.165) is 30.6 Å². The molecule has 0 amide bonds. The van der Waals surface area contributed by atoms with E-state index in [-0.39, 0.29) is 20.7 Å². The summed E-state index contributed by atoms with van der Waals surface area (Å²) in [7, 11) is 1.14. The first-order valence-corrected chi connectivity index (χ1v) is 5.91. The SMILES string of the molecule is COC(=O)c1sc2cc([N+](=O)[O-])cc([N+](=O)[O-])c2c1N. The van der Waals surface area contributed by atoms with Gasteiger partial charge in [-0.05, 0) is 0 Å². The molecule has 1 aromatic carbocycles. The van der Waals surface area contributed by atoms with Crippen LogP contribution in [-0.2, 0) is 4.74 Å². The third-order valence-electron chi connectivity index (χ3n) is 2.57. The van der Waals surface area contributed by atoms with Gasteiger partial charge in [-0.15, -0.1) is 11.3 Å². The Kier molecular flexibility index (Phi) is 3.24. The zero-order valence-electron chi connectivity index (χ0n) is 9.98. The second-order valence-electron chi connectivity index (χ2n) is 3.69. The van der Waals surface area contributed by atoms with Crippen molar-refractivity contribution in [3.05, 3.63) is 37.2 Å². The standard InChI is InChI=1S/C10H7N3O6S/c1-19-10(14)9-8(11)7-5(13(17)18)2-4(12(15)16)3-6(7)20-9/h2-3H,11H2,1H3. The van der Waals surface area contributed by atoms with Crippen LogP contribution in [0.1, 0.15) is 9.67 Å². The number of non-ortho nitro benzene ring substituents is 2. The summed E-state index contributed by atoms with van der Waals surface area (Å²) in [6.45, 7) is 0. The predicted octanol–water partition coefficient (Wildman–Crippen LogP) is 2.09. The second-order valence-corrected chi connectivity index (χ2v) is 4.74. The molecule has 20 heavy (non-hydrogen) atoms. The number of carbonyl (C=O) groups is 1. The van der Waals surface area contributed by atoms with Crippen molar-refractivity contribution in [3.8, 4) is 0 Å². The molecule has 0 unspecified atom stereocenters. The Hall–Kier alpha value is -2.75. The molecule has 0 bridgehead atoms. The van der Waals surface area contributed by atoms with Gasteiger partial charge >= 0.3 is 5.97 Å². The lowest BCUT2D eigenvalue weighted by molar-refractivity contribution is -0.393. The number of nitro groups is 2. The van der Waals surface area contributed by atoms with Crippen LogP contribution < -0.4 is 5.73 Å². The van der Waals surface area contributed by atoms with E-state index in [1.165, 1.54) is 0 Å². The van der Waals surface area contributed by atoms with Crippen molar-refractivity contribution in [2.24, 2.45) is 0 Å². The van der Waals surface area contributed by atoms with Crippen molar-refractivity contribution in [1.82, 2.24) is 0 Å². The van der Waals surface area contributed by atoms with E-state index in [1.54, 1.807) is 0 Å². The molecule has 0 aliphatic heterocycles. The number of carbonyl (C=O) groups excluding carboxylic acids is 1. The number of benzene rings is 1. The molecule has 10 heteroatoms. The van der Waals surface area contributed by atoms with Crippen LogP contribution >= 0.6 is 11.3 Å². The number of rotatable bonds is 3. The van der Waals surface area contributed by atoms with Crippen LogP contribution in [0.3, 0.4) is 0 Å². The molecule has 2 aromatic rings. The number of fused-ring (bicyclic) bond motifs is 1. The lowest BCUT2D eigenvalue weighted by atomic mass is 10.1. The first-order chi connectivity index (χ1) is 9.36. The van der Waals surface area contributed by atoms with Crippen LogP contribution in [0.15, 0.2) is 12.1 Å². The molecule has 0 atom stereocenters. The van der Waals surface area contributed by atoms with Crippen LogP contribution in [0.5, 0.6) is 0 Å². The van der Waals surface area contributed by atoms with Crippen molar-refractivity contribution < 1.29 is 19.4 Å². The second kappa shape index (κ2) is 4.74. The largest absolute Gasteiger partial charge is 0.465 e. The fourth-order valence-electron chi connectivity index (χ4n) is 1.71. The summed E-state index contributed by atoms with van der Waals surface area (Å²) < 4.78 is 4.70. The van der Waals surface area contributed by atoms with Crippen LogP contribution in [-0.4, -0.2) is 22.9 Å². The number of nitrogens with two attached hydrogens (primary N) is 1. The number of methoxy groups -OCH3 is 1. The number of nitro benzene ring substituents is 2. The number of nitrogens with zero attached hydrogens (tertiary/aromatic N) is 2. The van der Waals surface area contributed by atoms with Gasteiger partial charge in [-0.25, -0.2) is 4.79 Å². The third kappa shape index (κ3) is 2.01. The van der Waals surface area contributed by atoms with Gasteiger partial charge in [-0.1, -0.05) is 0 Å². The van der Waals surface area contributed by atoms with Gasteiger partial charge in [0.25, 0.3) is 11.4 Å². The Balaban J connectivity index is 2.86. The monoisotopic (exact) mass is 297 g/mol. The minimum Gasteiger partial charge on any atom is -0.465 e. The van der Waals surface area contributed by atoms with Crippen molar-refractivity contribution in [3.63, 3.8) is 0 Å². The van der Waals surface area contributed by atoms with Crippen molar-refractivity contribution in [2.45, 2.75) is 0 Å². The Morgan fingerprint density at radius 2 is 1.95 bits per heavy atom. The molecule has 0 aliphatic rings. The molecular formula is C10H7N3O6S. The van der Waals surface area contributed by atoms with E-state index in [1.807, 2.05) is 0 Å². The molecule has 104 valence electrons. The summed E-state index contributed by atoms with van der Waals surface area (Å²) in [5.41, 5.74) is 4.64. The number of thiophene rings is 1. The summed E-state index contributed by atoms with van der Waals surface area (Å²) in [5.74, 6) is -0.749. The summed E-state index contributed by atoms with van der Waals surface area (Å²) in [6, 6.07) is 1.95. The average Bonchev–Trinajstić information content (AvgIpc) is 2.74. The van der Waals surface area contributed by atoms with Gasteiger partial charge in [0.1, 0.15) is 4.88 Å². The predicted molar refractivity (Wildman–Crippen MR) is 70.9 cm³/mol. The molecule has 1 heterocycles. The molecule has 2 N–H and O–H groups in total. The highest BCUT2D eigenvalue weighted by Crippen LogP contribution is 2.42. The number of esters is 1. The number of nitrogen functional groups attached to an aromatic ring is 1. The van der Waals surface area contributed by atoms with Gasteiger partial charge in [-0.2, -0.15) is 0 Å². The van der Waals surface area contributed by atoms with E-state index in [4.69, 9.17) is 5.73 Å². The minimum atomic E-state index is -0.778. The molecule has 0 spiro atoms. The summed E-state index contributed by atoms with van der Waals surface area (Å²) >= 11 is 0.811. The van der Waals surface area contributed by atoms with Crippen LogP contribution in [0.2, 0.25) is 0 Å². The Labute approximate surface area is 114 Å². The molecule has 9 nitrogen and oxygen atoms in total. The van der Waals surface area contributed by atoms with Crippen LogP contribution in [0.25, 0.3) is 10.1 Å². The lowest BCUT2D eigenvalue weighted by Gasteiger charge is -1.98. The minimum absolute atomic E-state index is 0.00556. The number of hydrogen-bond acceptors (Lipinski definition) is 8. The fourth-order valence-corrected chi connectivity index (χ4v) is 2.80. The van der Waals surface area contributed by atoms with Crippen molar-refractivity contribution in [2.75, 3.05) is 12.8 Å². The first-order valence-electron chi connectivity index (χ1n) is 5.10. The zero-order valence-corrected chi connectivity index (χ0v) is 10.8. The Bertz CT molecular complexity index is 753. The molecular weight excluding hydrogens is 290 g/mol. The average molecular weight is 297 g/mol. The Morgan fingerprint density at radius 3 is 2.45 bits per heavy atom. The summed E-state index contributed by atoms with van der Waals surface area (Å²) in [6.07, 6.45) is 0. The van der Waals surface area contributed by atoms with E-state index >= 15 is 0 Å². The summed E-state index contributed by atoms with van der Waals surface area (Å²) in [5, 5.41) is 21.8. The smallest absolute Gasteiger partial charge is 0.350 e.